The number of aromatic nitrogens is 3. The third-order valence-corrected chi connectivity index (χ3v) is 5.49. The maximum Gasteiger partial charge on any atom is 0.351 e. The Morgan fingerprint density at radius 3 is 1.81 bits per heavy atom. The summed E-state index contributed by atoms with van der Waals surface area (Å²) in [6, 6.07) is 12.5. The van der Waals surface area contributed by atoms with Crippen LogP contribution in [0.2, 0.25) is 0 Å². The van der Waals surface area contributed by atoms with Gasteiger partial charge in [0.05, 0.1) is 10.6 Å². The third kappa shape index (κ3) is 3.08. The first kappa shape index (κ1) is 17.7. The second kappa shape index (κ2) is 6.34. The first-order valence-electron chi connectivity index (χ1n) is 7.76. The molecule has 3 rings (SSSR count). The highest BCUT2D eigenvalue weighted by molar-refractivity contribution is 7.92. The summed E-state index contributed by atoms with van der Waals surface area (Å²) >= 11 is 0. The van der Waals surface area contributed by atoms with Gasteiger partial charge in [0.1, 0.15) is 0 Å². The fraction of sp³-hybridized carbons (Fsp3) is 0.176. The lowest BCUT2D eigenvalue weighted by molar-refractivity contribution is 0.565. The molecular weight excluding hydrogens is 356 g/mol. The lowest BCUT2D eigenvalue weighted by Crippen LogP contribution is -2.26. The molecule has 1 heterocycles. The van der Waals surface area contributed by atoms with Crippen LogP contribution in [-0.4, -0.2) is 22.3 Å². The molecule has 1 aromatic heterocycles. The Hall–Kier alpha value is -3.07. The number of hydrogen-bond donors (Lipinski definition) is 1. The van der Waals surface area contributed by atoms with Crippen molar-refractivity contribution in [2.45, 2.75) is 11.8 Å². The minimum Gasteiger partial charge on any atom is -0.280 e. The van der Waals surface area contributed by atoms with Crippen molar-refractivity contribution in [3.8, 4) is 5.69 Å². The Balaban J connectivity index is 1.91. The van der Waals surface area contributed by atoms with Gasteiger partial charge in [-0.25, -0.2) is 31.9 Å². The van der Waals surface area contributed by atoms with Crippen LogP contribution >= 0.6 is 0 Å². The number of benzene rings is 2. The molecule has 0 fully saturated rings. The van der Waals surface area contributed by atoms with Crippen LogP contribution in [0.3, 0.4) is 0 Å². The van der Waals surface area contributed by atoms with Gasteiger partial charge in [-0.15, -0.1) is 0 Å². The predicted molar refractivity (Wildman–Crippen MR) is 98.2 cm³/mol. The van der Waals surface area contributed by atoms with E-state index in [2.05, 4.69) is 4.72 Å². The van der Waals surface area contributed by atoms with E-state index < -0.39 is 21.4 Å². The van der Waals surface area contributed by atoms with Crippen molar-refractivity contribution in [3.05, 3.63) is 75.1 Å². The summed E-state index contributed by atoms with van der Waals surface area (Å²) in [7, 11) is -0.734. The molecule has 0 radical (unpaired) electrons. The van der Waals surface area contributed by atoms with Crippen molar-refractivity contribution in [2.75, 3.05) is 4.72 Å². The van der Waals surface area contributed by atoms with Crippen LogP contribution in [0, 0.1) is 6.92 Å². The third-order valence-electron chi connectivity index (χ3n) is 4.10. The van der Waals surface area contributed by atoms with E-state index >= 15 is 0 Å². The van der Waals surface area contributed by atoms with E-state index in [1.165, 1.54) is 59.9 Å². The smallest absolute Gasteiger partial charge is 0.280 e. The molecule has 0 aliphatic rings. The SMILES string of the molecule is Cc1ccc(S(=O)(=O)Nc2ccc(-n3c(=O)n(C)n(C)c3=O)cc2)cc1. The van der Waals surface area contributed by atoms with E-state index in [4.69, 9.17) is 0 Å². The van der Waals surface area contributed by atoms with Crippen LogP contribution in [0.25, 0.3) is 5.69 Å². The monoisotopic (exact) mass is 374 g/mol. The maximum atomic E-state index is 12.4. The van der Waals surface area contributed by atoms with Crippen molar-refractivity contribution < 1.29 is 8.42 Å². The summed E-state index contributed by atoms with van der Waals surface area (Å²) < 4.78 is 30.7. The van der Waals surface area contributed by atoms with Gasteiger partial charge in [0.25, 0.3) is 10.0 Å². The summed E-state index contributed by atoms with van der Waals surface area (Å²) in [6.07, 6.45) is 0. The Bertz CT molecular complexity index is 1130. The molecule has 136 valence electrons. The van der Waals surface area contributed by atoms with Gasteiger partial charge in [0.2, 0.25) is 0 Å². The van der Waals surface area contributed by atoms with E-state index in [1.807, 2.05) is 6.92 Å². The zero-order chi connectivity index (χ0) is 19.1. The largest absolute Gasteiger partial charge is 0.351 e. The van der Waals surface area contributed by atoms with Gasteiger partial charge in [0.15, 0.2) is 0 Å². The molecule has 0 aliphatic heterocycles. The van der Waals surface area contributed by atoms with Crippen molar-refractivity contribution in [1.82, 2.24) is 13.9 Å². The standard InChI is InChI=1S/C17H18N4O4S/c1-12-4-10-15(11-5-12)26(24,25)18-13-6-8-14(9-7-13)21-16(22)19(2)20(3)17(21)23/h4-11,18H,1-3H3. The first-order chi connectivity index (χ1) is 12.2. The van der Waals surface area contributed by atoms with E-state index in [0.29, 0.717) is 11.4 Å². The Labute approximate surface area is 150 Å². The Kier molecular flexibility index (Phi) is 4.33. The average Bonchev–Trinajstić information content (AvgIpc) is 2.79. The number of nitrogens with one attached hydrogen (secondary N) is 1. The summed E-state index contributed by atoms with van der Waals surface area (Å²) in [5.74, 6) is 0. The van der Waals surface area contributed by atoms with Crippen molar-refractivity contribution in [3.63, 3.8) is 0 Å². The van der Waals surface area contributed by atoms with Crippen molar-refractivity contribution in [2.24, 2.45) is 14.1 Å². The summed E-state index contributed by atoms with van der Waals surface area (Å²) in [5, 5.41) is 0. The molecule has 0 amide bonds. The van der Waals surface area contributed by atoms with Gasteiger partial charge in [-0.2, -0.15) is 0 Å². The van der Waals surface area contributed by atoms with Gasteiger partial charge >= 0.3 is 11.4 Å². The Morgan fingerprint density at radius 1 is 0.808 bits per heavy atom. The van der Waals surface area contributed by atoms with Gasteiger partial charge in [-0.3, -0.25) is 4.72 Å². The molecule has 0 unspecified atom stereocenters. The van der Waals surface area contributed by atoms with Crippen LogP contribution in [0.1, 0.15) is 5.56 Å². The van der Waals surface area contributed by atoms with Gasteiger partial charge in [-0.1, -0.05) is 17.7 Å². The zero-order valence-corrected chi connectivity index (χ0v) is 15.3. The van der Waals surface area contributed by atoms with E-state index in [0.717, 1.165) is 10.1 Å². The number of anilines is 1. The highest BCUT2D eigenvalue weighted by atomic mass is 32.2. The van der Waals surface area contributed by atoms with Crippen LogP contribution in [0.4, 0.5) is 5.69 Å². The fourth-order valence-electron chi connectivity index (χ4n) is 2.46. The lowest BCUT2D eigenvalue weighted by Gasteiger charge is -2.09. The summed E-state index contributed by atoms with van der Waals surface area (Å²) in [4.78, 5) is 24.4. The van der Waals surface area contributed by atoms with Crippen LogP contribution in [0.5, 0.6) is 0 Å². The van der Waals surface area contributed by atoms with E-state index in [9.17, 15) is 18.0 Å². The minimum atomic E-state index is -3.72. The molecule has 0 atom stereocenters. The quantitative estimate of drug-likeness (QED) is 0.737. The lowest BCUT2D eigenvalue weighted by atomic mass is 10.2. The normalized spacial score (nSPS) is 11.5. The van der Waals surface area contributed by atoms with Crippen LogP contribution in [0.15, 0.2) is 63.0 Å². The number of hydrogen-bond acceptors (Lipinski definition) is 4. The van der Waals surface area contributed by atoms with Crippen LogP contribution in [-0.2, 0) is 24.1 Å². The van der Waals surface area contributed by atoms with Gasteiger partial charge in [0, 0.05) is 19.8 Å². The first-order valence-corrected chi connectivity index (χ1v) is 9.24. The molecule has 26 heavy (non-hydrogen) atoms. The van der Waals surface area contributed by atoms with Crippen molar-refractivity contribution in [1.29, 1.82) is 0 Å². The average molecular weight is 374 g/mol. The second-order valence-electron chi connectivity index (χ2n) is 5.91. The number of sulfonamides is 1. The molecule has 0 saturated carbocycles. The molecule has 0 bridgehead atoms. The van der Waals surface area contributed by atoms with Gasteiger partial charge in [-0.05, 0) is 43.3 Å². The van der Waals surface area contributed by atoms with Gasteiger partial charge < -0.3 is 0 Å². The fourth-order valence-corrected chi connectivity index (χ4v) is 3.52. The molecule has 0 spiro atoms. The molecular formula is C17H18N4O4S. The highest BCUT2D eigenvalue weighted by Crippen LogP contribution is 2.17. The topological polar surface area (TPSA) is 95.1 Å². The molecule has 8 nitrogen and oxygen atoms in total. The predicted octanol–water partition coefficient (Wildman–Crippen LogP) is 0.984. The number of rotatable bonds is 4. The summed E-state index contributed by atoms with van der Waals surface area (Å²) in [6.45, 7) is 1.87. The molecule has 3 aromatic rings. The zero-order valence-electron chi connectivity index (χ0n) is 14.5. The number of aryl methyl sites for hydroxylation is 1. The highest BCUT2D eigenvalue weighted by Gasteiger charge is 2.15. The molecule has 2 aromatic carbocycles. The maximum absolute atomic E-state index is 12.4. The molecule has 9 heteroatoms. The molecule has 0 aliphatic carbocycles. The summed E-state index contributed by atoms with van der Waals surface area (Å²) in [5.41, 5.74) is 0.684. The van der Waals surface area contributed by atoms with E-state index in [1.54, 1.807) is 12.1 Å². The molecule has 1 N–H and O–H groups in total. The van der Waals surface area contributed by atoms with Crippen LogP contribution < -0.4 is 16.1 Å². The van der Waals surface area contributed by atoms with E-state index in [-0.39, 0.29) is 4.90 Å². The second-order valence-corrected chi connectivity index (χ2v) is 7.60. The minimum absolute atomic E-state index is 0.153. The number of nitrogens with zero attached hydrogens (tertiary/aromatic N) is 3. The van der Waals surface area contributed by atoms with Crippen molar-refractivity contribution >= 4 is 15.7 Å². The molecule has 0 saturated heterocycles. The Morgan fingerprint density at radius 2 is 1.31 bits per heavy atom.